The van der Waals surface area contributed by atoms with Crippen LogP contribution in [0.25, 0.3) is 0 Å². The lowest BCUT2D eigenvalue weighted by Gasteiger charge is -2.08. The van der Waals surface area contributed by atoms with E-state index in [-0.39, 0.29) is 0 Å². The quantitative estimate of drug-likeness (QED) is 0.662. The molecule has 2 fully saturated rings. The van der Waals surface area contributed by atoms with Gasteiger partial charge >= 0.3 is 5.97 Å². The lowest BCUT2D eigenvalue weighted by Crippen LogP contribution is -2.21. The van der Waals surface area contributed by atoms with E-state index in [4.69, 9.17) is 5.11 Å². The van der Waals surface area contributed by atoms with E-state index in [1.165, 1.54) is 32.4 Å². The topological polar surface area (TPSA) is 66.4 Å². The molecule has 1 heterocycles. The van der Waals surface area contributed by atoms with Crippen LogP contribution in [0.4, 0.5) is 0 Å². The van der Waals surface area contributed by atoms with Crippen molar-refractivity contribution in [3.8, 4) is 0 Å². The molecule has 0 aromatic heterocycles. The highest BCUT2D eigenvalue weighted by Crippen LogP contribution is 2.28. The first-order chi connectivity index (χ1) is 7.75. The number of rotatable bonds is 1. The van der Waals surface area contributed by atoms with Gasteiger partial charge in [0.2, 0.25) is 0 Å². The summed E-state index contributed by atoms with van der Waals surface area (Å²) in [5.41, 5.74) is 0.424. The average Bonchev–Trinajstić information content (AvgIpc) is 2.80. The Kier molecular flexibility index (Phi) is 5.83. The summed E-state index contributed by atoms with van der Waals surface area (Å²) >= 11 is 0. The zero-order chi connectivity index (χ0) is 11.8. The highest BCUT2D eigenvalue weighted by atomic mass is 16.4. The largest absolute Gasteiger partial charge is 0.481 e. The minimum absolute atomic E-state index is 0.424. The summed E-state index contributed by atoms with van der Waals surface area (Å²) in [4.78, 5) is 20.5. The second kappa shape index (κ2) is 7.20. The van der Waals surface area contributed by atoms with Gasteiger partial charge in [-0.3, -0.25) is 4.79 Å². The smallest absolute Gasteiger partial charge is 0.311 e. The first kappa shape index (κ1) is 12.9. The third-order valence-electron chi connectivity index (χ3n) is 3.00. The molecule has 0 aromatic rings. The van der Waals surface area contributed by atoms with E-state index in [1.54, 1.807) is 5.94 Å². The molecule has 2 N–H and O–H groups in total. The van der Waals surface area contributed by atoms with Crippen LogP contribution in [0.2, 0.25) is 0 Å². The van der Waals surface area contributed by atoms with E-state index in [2.05, 4.69) is 5.32 Å². The average molecular weight is 225 g/mol. The molecule has 0 aromatic carbocycles. The van der Waals surface area contributed by atoms with Gasteiger partial charge in [0.15, 0.2) is 0 Å². The van der Waals surface area contributed by atoms with Crippen molar-refractivity contribution < 1.29 is 14.7 Å². The lowest BCUT2D eigenvalue weighted by atomic mass is 10.1. The van der Waals surface area contributed by atoms with Gasteiger partial charge in [-0.15, -0.1) is 0 Å². The van der Waals surface area contributed by atoms with Crippen molar-refractivity contribution in [3.63, 3.8) is 0 Å². The van der Waals surface area contributed by atoms with Gasteiger partial charge in [0.25, 0.3) is 0 Å². The van der Waals surface area contributed by atoms with Crippen molar-refractivity contribution in [1.29, 1.82) is 0 Å². The molecule has 1 saturated heterocycles. The second-order valence-corrected chi connectivity index (χ2v) is 4.22. The van der Waals surface area contributed by atoms with Crippen LogP contribution < -0.4 is 5.32 Å². The van der Waals surface area contributed by atoms with Gasteiger partial charge in [0, 0.05) is 5.57 Å². The van der Waals surface area contributed by atoms with Crippen molar-refractivity contribution in [1.82, 2.24) is 5.32 Å². The maximum atomic E-state index is 10.4. The zero-order valence-electron chi connectivity index (χ0n) is 9.50. The summed E-state index contributed by atoms with van der Waals surface area (Å²) in [6, 6.07) is 0. The zero-order valence-corrected chi connectivity index (χ0v) is 9.50. The SMILES string of the molecule is C1CCNCC1.O=C=C1CCCC1C(=O)O. The number of hydrogen-bond donors (Lipinski definition) is 2. The maximum Gasteiger partial charge on any atom is 0.311 e. The predicted molar refractivity (Wildman–Crippen MR) is 60.9 cm³/mol. The highest BCUT2D eigenvalue weighted by molar-refractivity contribution is 5.78. The predicted octanol–water partition coefficient (Wildman–Crippen LogP) is 1.39. The van der Waals surface area contributed by atoms with Crippen LogP contribution in [0, 0.1) is 5.92 Å². The summed E-state index contributed by atoms with van der Waals surface area (Å²) in [5.74, 6) is 0.244. The Bertz CT molecular complexity index is 266. The van der Waals surface area contributed by atoms with E-state index in [1.807, 2.05) is 0 Å². The van der Waals surface area contributed by atoms with Crippen molar-refractivity contribution in [2.45, 2.75) is 38.5 Å². The number of piperidine rings is 1. The number of carbonyl (C=O) groups excluding carboxylic acids is 1. The van der Waals surface area contributed by atoms with Gasteiger partial charge < -0.3 is 10.4 Å². The van der Waals surface area contributed by atoms with Crippen LogP contribution in [0.15, 0.2) is 5.57 Å². The van der Waals surface area contributed by atoms with E-state index in [0.29, 0.717) is 18.4 Å². The Labute approximate surface area is 95.7 Å². The summed E-state index contributed by atoms with van der Waals surface area (Å²) in [5, 5.41) is 11.8. The fraction of sp³-hybridized carbons (Fsp3) is 0.750. The van der Waals surface area contributed by atoms with Gasteiger partial charge in [-0.1, -0.05) is 6.42 Å². The Morgan fingerprint density at radius 1 is 1.25 bits per heavy atom. The number of carboxylic acid groups (broad SMARTS) is 1. The van der Waals surface area contributed by atoms with Crippen LogP contribution in [-0.4, -0.2) is 30.1 Å². The van der Waals surface area contributed by atoms with E-state index in [9.17, 15) is 9.59 Å². The van der Waals surface area contributed by atoms with Crippen molar-refractivity contribution in [2.75, 3.05) is 13.1 Å². The first-order valence-electron chi connectivity index (χ1n) is 5.93. The van der Waals surface area contributed by atoms with E-state index < -0.39 is 11.9 Å². The molecule has 1 aliphatic heterocycles. The molecule has 2 rings (SSSR count). The van der Waals surface area contributed by atoms with Crippen LogP contribution in [0.5, 0.6) is 0 Å². The number of nitrogens with one attached hydrogen (secondary N) is 1. The van der Waals surface area contributed by atoms with Gasteiger partial charge in [0.05, 0.1) is 5.92 Å². The molecule has 2 aliphatic rings. The first-order valence-corrected chi connectivity index (χ1v) is 5.93. The minimum Gasteiger partial charge on any atom is -0.481 e. The van der Waals surface area contributed by atoms with Crippen molar-refractivity contribution in [3.05, 3.63) is 5.57 Å². The van der Waals surface area contributed by atoms with Crippen LogP contribution >= 0.6 is 0 Å². The molecule has 1 unspecified atom stereocenters. The molecule has 0 radical (unpaired) electrons. The molecule has 0 spiro atoms. The highest BCUT2D eigenvalue weighted by Gasteiger charge is 2.27. The third-order valence-corrected chi connectivity index (χ3v) is 3.00. The lowest BCUT2D eigenvalue weighted by molar-refractivity contribution is -0.140. The van der Waals surface area contributed by atoms with Crippen molar-refractivity contribution in [2.24, 2.45) is 5.92 Å². The number of carboxylic acids is 1. The van der Waals surface area contributed by atoms with Gasteiger partial charge in [0.1, 0.15) is 5.94 Å². The van der Waals surface area contributed by atoms with Crippen LogP contribution in [-0.2, 0) is 9.59 Å². The fourth-order valence-electron chi connectivity index (χ4n) is 2.04. The molecular weight excluding hydrogens is 206 g/mol. The maximum absolute atomic E-state index is 10.4. The van der Waals surface area contributed by atoms with Gasteiger partial charge in [-0.2, -0.15) is 0 Å². The number of aliphatic carboxylic acids is 1. The molecule has 0 amide bonds. The number of carbonyl (C=O) groups is 1. The van der Waals surface area contributed by atoms with E-state index in [0.717, 1.165) is 6.42 Å². The number of hydrogen-bond acceptors (Lipinski definition) is 3. The fourth-order valence-corrected chi connectivity index (χ4v) is 2.04. The van der Waals surface area contributed by atoms with Crippen LogP contribution in [0.3, 0.4) is 0 Å². The second-order valence-electron chi connectivity index (χ2n) is 4.22. The Morgan fingerprint density at radius 3 is 2.25 bits per heavy atom. The summed E-state index contributed by atoms with van der Waals surface area (Å²) < 4.78 is 0. The molecule has 1 saturated carbocycles. The summed E-state index contributed by atoms with van der Waals surface area (Å²) in [6.45, 7) is 2.50. The van der Waals surface area contributed by atoms with Crippen LogP contribution in [0.1, 0.15) is 38.5 Å². The van der Waals surface area contributed by atoms with Gasteiger partial charge in [-0.05, 0) is 45.2 Å². The van der Waals surface area contributed by atoms with Gasteiger partial charge in [-0.25, -0.2) is 4.79 Å². The molecule has 16 heavy (non-hydrogen) atoms. The molecule has 4 heteroatoms. The monoisotopic (exact) mass is 225 g/mol. The third kappa shape index (κ3) is 4.17. The molecule has 4 nitrogen and oxygen atoms in total. The van der Waals surface area contributed by atoms with Crippen molar-refractivity contribution >= 4 is 11.9 Å². The molecule has 90 valence electrons. The normalized spacial score (nSPS) is 24.2. The standard InChI is InChI=1S/C7H8O3.C5H11N/c8-4-5-2-1-3-6(5)7(9)10;1-2-4-6-5-3-1/h6H,1-3H2,(H,9,10);6H,1-5H2. The summed E-state index contributed by atoms with van der Waals surface area (Å²) in [7, 11) is 0. The Hall–Kier alpha value is -1.12. The van der Waals surface area contributed by atoms with E-state index >= 15 is 0 Å². The minimum atomic E-state index is -0.893. The molecule has 0 bridgehead atoms. The Morgan fingerprint density at radius 2 is 1.94 bits per heavy atom. The molecule has 1 aliphatic carbocycles. The molecule has 1 atom stereocenters. The Balaban J connectivity index is 0.000000181. The molecular formula is C12H19NO3. The summed E-state index contributed by atoms with van der Waals surface area (Å²) in [6.07, 6.45) is 6.23.